The summed E-state index contributed by atoms with van der Waals surface area (Å²) in [5.41, 5.74) is 3.69. The normalized spacial score (nSPS) is 12.1. The van der Waals surface area contributed by atoms with Gasteiger partial charge in [-0.15, -0.1) is 0 Å². The van der Waals surface area contributed by atoms with E-state index in [0.717, 1.165) is 21.0 Å². The average molecular weight is 570 g/mol. The second-order valence-electron chi connectivity index (χ2n) is 9.58. The lowest BCUT2D eigenvalue weighted by atomic mass is 10.1. The van der Waals surface area contributed by atoms with E-state index in [-0.39, 0.29) is 17.3 Å². The molecule has 0 fully saturated rings. The van der Waals surface area contributed by atoms with Crippen molar-refractivity contribution in [3.8, 4) is 0 Å². The van der Waals surface area contributed by atoms with E-state index in [9.17, 15) is 18.0 Å². The minimum Gasteiger partial charge on any atom is -0.355 e. The van der Waals surface area contributed by atoms with Gasteiger partial charge in [-0.05, 0) is 81.1 Å². The van der Waals surface area contributed by atoms with Gasteiger partial charge in [-0.2, -0.15) is 0 Å². The highest BCUT2D eigenvalue weighted by molar-refractivity contribution is 7.92. The third-order valence-electron chi connectivity index (χ3n) is 6.52. The Morgan fingerprint density at radius 3 is 2.10 bits per heavy atom. The molecule has 0 aliphatic heterocycles. The molecular weight excluding hydrogens is 534 g/mol. The van der Waals surface area contributed by atoms with Gasteiger partial charge in [0.05, 0.1) is 10.6 Å². The lowest BCUT2D eigenvalue weighted by Gasteiger charge is -2.33. The second-order valence-corrected chi connectivity index (χ2v) is 11.9. The molecule has 3 rings (SSSR count). The van der Waals surface area contributed by atoms with Gasteiger partial charge >= 0.3 is 0 Å². The van der Waals surface area contributed by atoms with Crippen LogP contribution in [0.3, 0.4) is 0 Å². The molecule has 2 amide bonds. The van der Waals surface area contributed by atoms with Crippen molar-refractivity contribution in [3.63, 3.8) is 0 Å². The van der Waals surface area contributed by atoms with E-state index in [1.807, 2.05) is 46.8 Å². The van der Waals surface area contributed by atoms with Crippen LogP contribution in [0.5, 0.6) is 0 Å². The molecule has 0 radical (unpaired) electrons. The molecule has 0 aromatic heterocycles. The van der Waals surface area contributed by atoms with Crippen molar-refractivity contribution >= 4 is 39.1 Å². The minimum atomic E-state index is -4.11. The summed E-state index contributed by atoms with van der Waals surface area (Å²) in [5.74, 6) is -0.776. The Kier molecular flexibility index (Phi) is 10.2. The second kappa shape index (κ2) is 13.1. The van der Waals surface area contributed by atoms with Crippen LogP contribution in [0.2, 0.25) is 5.02 Å². The molecule has 9 heteroatoms. The van der Waals surface area contributed by atoms with Crippen LogP contribution in [0, 0.1) is 20.8 Å². The van der Waals surface area contributed by atoms with Crippen LogP contribution in [0.4, 0.5) is 5.69 Å². The molecule has 0 bridgehead atoms. The Morgan fingerprint density at radius 2 is 1.51 bits per heavy atom. The van der Waals surface area contributed by atoms with E-state index in [2.05, 4.69) is 5.32 Å². The van der Waals surface area contributed by atoms with Gasteiger partial charge in [0, 0.05) is 18.1 Å². The van der Waals surface area contributed by atoms with Gasteiger partial charge in [0.15, 0.2) is 0 Å². The van der Waals surface area contributed by atoms with Crippen LogP contribution in [0.1, 0.15) is 42.5 Å². The molecule has 0 aliphatic rings. The van der Waals surface area contributed by atoms with E-state index >= 15 is 0 Å². The third kappa shape index (κ3) is 7.40. The van der Waals surface area contributed by atoms with E-state index < -0.39 is 28.5 Å². The molecule has 0 spiro atoms. The van der Waals surface area contributed by atoms with Crippen molar-refractivity contribution in [2.24, 2.45) is 0 Å². The Hall–Kier alpha value is -3.36. The summed E-state index contributed by atoms with van der Waals surface area (Å²) in [5, 5.41) is 3.36. The fourth-order valence-corrected chi connectivity index (χ4v) is 5.93. The van der Waals surface area contributed by atoms with E-state index in [1.165, 1.54) is 4.90 Å². The van der Waals surface area contributed by atoms with Crippen LogP contribution in [-0.4, -0.2) is 44.3 Å². The first-order valence-corrected chi connectivity index (χ1v) is 14.8. The van der Waals surface area contributed by atoms with Gasteiger partial charge in [0.2, 0.25) is 11.8 Å². The van der Waals surface area contributed by atoms with Gasteiger partial charge in [-0.25, -0.2) is 8.42 Å². The molecule has 0 aliphatic carbocycles. The smallest absolute Gasteiger partial charge is 0.264 e. The summed E-state index contributed by atoms with van der Waals surface area (Å²) in [6, 6.07) is 18.3. The number of sulfonamides is 1. The number of hydrogen-bond acceptors (Lipinski definition) is 4. The third-order valence-corrected chi connectivity index (χ3v) is 8.55. The van der Waals surface area contributed by atoms with Gasteiger partial charge in [0.25, 0.3) is 10.0 Å². The van der Waals surface area contributed by atoms with Gasteiger partial charge < -0.3 is 10.2 Å². The maximum absolute atomic E-state index is 14.0. The summed E-state index contributed by atoms with van der Waals surface area (Å²) >= 11 is 6.06. The summed E-state index contributed by atoms with van der Waals surface area (Å²) < 4.78 is 29.2. The molecule has 0 saturated carbocycles. The SMILES string of the molecule is CCNC(=O)C(CC)N(Cc1ccc(Cl)cc1)C(=O)CN(c1cc(C)ccc1C)S(=O)(=O)c1ccc(C)cc1. The lowest BCUT2D eigenvalue weighted by Crippen LogP contribution is -2.52. The standard InChI is InChI=1S/C30H36ClN3O4S/c1-6-27(30(36)32-7-2)33(19-24-12-14-25(31)15-13-24)29(35)20-34(28-18-22(4)8-11-23(28)5)39(37,38)26-16-9-21(3)10-17-26/h8-18,27H,6-7,19-20H2,1-5H3,(H,32,36). The first-order chi connectivity index (χ1) is 18.5. The maximum Gasteiger partial charge on any atom is 0.264 e. The van der Waals surface area contributed by atoms with Gasteiger partial charge in [-0.3, -0.25) is 13.9 Å². The number of halogens is 1. The zero-order valence-electron chi connectivity index (χ0n) is 23.1. The number of amides is 2. The molecule has 3 aromatic rings. The number of nitrogens with one attached hydrogen (secondary N) is 1. The molecule has 1 unspecified atom stereocenters. The summed E-state index contributed by atoms with van der Waals surface area (Å²) in [7, 11) is -4.11. The molecule has 0 heterocycles. The average Bonchev–Trinajstić information content (AvgIpc) is 2.90. The van der Waals surface area contributed by atoms with Crippen molar-refractivity contribution in [2.75, 3.05) is 17.4 Å². The number of likely N-dealkylation sites (N-methyl/N-ethyl adjacent to an activating group) is 1. The van der Waals surface area contributed by atoms with Crippen molar-refractivity contribution in [1.29, 1.82) is 0 Å². The van der Waals surface area contributed by atoms with Gasteiger partial charge in [0.1, 0.15) is 12.6 Å². The highest BCUT2D eigenvalue weighted by atomic mass is 35.5. The van der Waals surface area contributed by atoms with Crippen molar-refractivity contribution in [3.05, 3.63) is 94.0 Å². The van der Waals surface area contributed by atoms with Crippen LogP contribution < -0.4 is 9.62 Å². The fourth-order valence-electron chi connectivity index (χ4n) is 4.34. The highest BCUT2D eigenvalue weighted by Gasteiger charge is 2.34. The van der Waals surface area contributed by atoms with Crippen LogP contribution in [-0.2, 0) is 26.2 Å². The molecule has 1 atom stereocenters. The quantitative estimate of drug-likeness (QED) is 0.335. The maximum atomic E-state index is 14.0. The van der Waals surface area contributed by atoms with Crippen molar-refractivity contribution in [2.45, 2.75) is 58.5 Å². The highest BCUT2D eigenvalue weighted by Crippen LogP contribution is 2.29. The summed E-state index contributed by atoms with van der Waals surface area (Å²) in [6.45, 7) is 9.27. The van der Waals surface area contributed by atoms with Crippen molar-refractivity contribution in [1.82, 2.24) is 10.2 Å². The number of carbonyl (C=O) groups is 2. The Labute approximate surface area is 236 Å². The molecular formula is C30H36ClN3O4S. The van der Waals surface area contributed by atoms with Crippen LogP contribution in [0.25, 0.3) is 0 Å². The summed E-state index contributed by atoms with van der Waals surface area (Å²) in [6.07, 6.45) is 0.360. The number of rotatable bonds is 11. The zero-order chi connectivity index (χ0) is 28.7. The zero-order valence-corrected chi connectivity index (χ0v) is 24.6. The number of anilines is 1. The number of hydrogen-bond donors (Lipinski definition) is 1. The first kappa shape index (κ1) is 30.2. The fraction of sp³-hybridized carbons (Fsp3) is 0.333. The Balaban J connectivity index is 2.10. The Bertz CT molecular complexity index is 1410. The van der Waals surface area contributed by atoms with E-state index in [0.29, 0.717) is 29.2 Å². The topological polar surface area (TPSA) is 86.8 Å². The van der Waals surface area contributed by atoms with E-state index in [1.54, 1.807) is 54.6 Å². The molecule has 39 heavy (non-hydrogen) atoms. The lowest BCUT2D eigenvalue weighted by molar-refractivity contribution is -0.140. The van der Waals surface area contributed by atoms with Crippen molar-refractivity contribution < 1.29 is 18.0 Å². The molecule has 0 saturated heterocycles. The summed E-state index contributed by atoms with van der Waals surface area (Å²) in [4.78, 5) is 28.6. The van der Waals surface area contributed by atoms with Crippen LogP contribution in [0.15, 0.2) is 71.6 Å². The first-order valence-electron chi connectivity index (χ1n) is 13.0. The number of nitrogens with zero attached hydrogens (tertiary/aromatic N) is 2. The number of carbonyl (C=O) groups excluding carboxylic acids is 2. The number of aryl methyl sites for hydroxylation is 3. The largest absolute Gasteiger partial charge is 0.355 e. The predicted octanol–water partition coefficient (Wildman–Crippen LogP) is 5.40. The molecule has 3 aromatic carbocycles. The minimum absolute atomic E-state index is 0.0850. The van der Waals surface area contributed by atoms with E-state index in [4.69, 9.17) is 11.6 Å². The molecule has 1 N–H and O–H groups in total. The Morgan fingerprint density at radius 1 is 0.897 bits per heavy atom. The van der Waals surface area contributed by atoms with Gasteiger partial charge in [-0.1, -0.05) is 60.5 Å². The number of benzene rings is 3. The molecule has 208 valence electrons. The molecule has 7 nitrogen and oxygen atoms in total. The predicted molar refractivity (Wildman–Crippen MR) is 156 cm³/mol. The van der Waals surface area contributed by atoms with Crippen LogP contribution >= 0.6 is 11.6 Å². The monoisotopic (exact) mass is 569 g/mol.